The third-order valence-corrected chi connectivity index (χ3v) is 2.60. The van der Waals surface area contributed by atoms with E-state index < -0.39 is 6.36 Å². The van der Waals surface area contributed by atoms with Crippen LogP contribution in [0.2, 0.25) is 0 Å². The van der Waals surface area contributed by atoms with E-state index in [0.29, 0.717) is 24.2 Å². The maximum atomic E-state index is 12.0. The minimum atomic E-state index is -4.71. The predicted octanol–water partition coefficient (Wildman–Crippen LogP) is 3.17. The number of nitrogens with zero attached hydrogens (tertiary/aromatic N) is 1. The Morgan fingerprint density at radius 2 is 1.90 bits per heavy atom. The Labute approximate surface area is 112 Å². The number of hydrogen-bond donors (Lipinski definition) is 1. The molecule has 0 saturated carbocycles. The number of aromatic nitrogens is 1. The number of aliphatic hydroxyl groups is 1. The van der Waals surface area contributed by atoms with Gasteiger partial charge >= 0.3 is 6.36 Å². The highest BCUT2D eigenvalue weighted by atomic mass is 19.4. The van der Waals surface area contributed by atoms with E-state index in [-0.39, 0.29) is 12.4 Å². The lowest BCUT2D eigenvalue weighted by atomic mass is 10.1. The Morgan fingerprint density at radius 1 is 1.20 bits per heavy atom. The summed E-state index contributed by atoms with van der Waals surface area (Å²) in [5.41, 5.74) is 1.40. The molecule has 1 aromatic heterocycles. The first-order chi connectivity index (χ1) is 9.49. The molecule has 0 radical (unpaired) electrons. The van der Waals surface area contributed by atoms with Crippen molar-refractivity contribution in [1.29, 1.82) is 0 Å². The molecule has 0 spiro atoms. The third kappa shape index (κ3) is 3.74. The van der Waals surface area contributed by atoms with Crippen LogP contribution < -0.4 is 4.74 Å². The van der Waals surface area contributed by atoms with Crippen molar-refractivity contribution in [2.75, 3.05) is 6.61 Å². The molecule has 0 amide bonds. The second-order valence-electron chi connectivity index (χ2n) is 4.08. The van der Waals surface area contributed by atoms with Gasteiger partial charge in [0, 0.05) is 17.7 Å². The van der Waals surface area contributed by atoms with Gasteiger partial charge in [0.2, 0.25) is 0 Å². The van der Waals surface area contributed by atoms with Crippen molar-refractivity contribution in [3.05, 3.63) is 36.0 Å². The molecule has 2 aromatic rings. The standard InChI is InChI=1S/C13H12F3NO3/c14-13(15,16)19-11-5-3-9(4-6-11)12-10(2-1-7-18)8-17-20-12/h3-6,8,18H,1-2,7H2. The minimum absolute atomic E-state index is 0.0446. The lowest BCUT2D eigenvalue weighted by Gasteiger charge is -2.08. The Bertz CT molecular complexity index is 549. The van der Waals surface area contributed by atoms with Crippen LogP contribution >= 0.6 is 0 Å². The molecule has 0 aliphatic carbocycles. The second-order valence-corrected chi connectivity index (χ2v) is 4.08. The number of benzene rings is 1. The lowest BCUT2D eigenvalue weighted by Crippen LogP contribution is -2.16. The molecule has 0 bridgehead atoms. The molecule has 0 saturated heterocycles. The highest BCUT2D eigenvalue weighted by Crippen LogP contribution is 2.28. The average molecular weight is 287 g/mol. The lowest BCUT2D eigenvalue weighted by molar-refractivity contribution is -0.274. The number of rotatable bonds is 5. The maximum absolute atomic E-state index is 12.0. The molecule has 7 heteroatoms. The summed E-state index contributed by atoms with van der Waals surface area (Å²) in [7, 11) is 0. The minimum Gasteiger partial charge on any atom is -0.406 e. The topological polar surface area (TPSA) is 55.5 Å². The summed E-state index contributed by atoms with van der Waals surface area (Å²) in [5, 5.41) is 12.5. The van der Waals surface area contributed by atoms with Crippen molar-refractivity contribution < 1.29 is 27.5 Å². The van der Waals surface area contributed by atoms with Crippen LogP contribution in [0.5, 0.6) is 5.75 Å². The Kier molecular flexibility index (Phi) is 4.29. The van der Waals surface area contributed by atoms with Crippen molar-refractivity contribution in [1.82, 2.24) is 5.16 Å². The van der Waals surface area contributed by atoms with Gasteiger partial charge in [-0.2, -0.15) is 0 Å². The van der Waals surface area contributed by atoms with E-state index in [1.165, 1.54) is 30.5 Å². The average Bonchev–Trinajstić information content (AvgIpc) is 2.83. The monoisotopic (exact) mass is 287 g/mol. The van der Waals surface area contributed by atoms with Gasteiger partial charge in [0.05, 0.1) is 6.20 Å². The number of alkyl halides is 3. The second kappa shape index (κ2) is 5.96. The quantitative estimate of drug-likeness (QED) is 0.917. The molecule has 4 nitrogen and oxygen atoms in total. The van der Waals surface area contributed by atoms with Gasteiger partial charge in [0.25, 0.3) is 0 Å². The van der Waals surface area contributed by atoms with Crippen LogP contribution in [0.25, 0.3) is 11.3 Å². The number of aliphatic hydroxyl groups excluding tert-OH is 1. The smallest absolute Gasteiger partial charge is 0.406 e. The summed E-state index contributed by atoms with van der Waals surface area (Å²) in [6, 6.07) is 5.34. The van der Waals surface area contributed by atoms with E-state index in [4.69, 9.17) is 9.63 Å². The highest BCUT2D eigenvalue weighted by molar-refractivity contribution is 5.61. The van der Waals surface area contributed by atoms with E-state index in [9.17, 15) is 13.2 Å². The van der Waals surface area contributed by atoms with Crippen LogP contribution in [0.1, 0.15) is 12.0 Å². The molecule has 108 valence electrons. The third-order valence-electron chi connectivity index (χ3n) is 2.60. The van der Waals surface area contributed by atoms with Gasteiger partial charge in [-0.1, -0.05) is 5.16 Å². The van der Waals surface area contributed by atoms with Gasteiger partial charge in [-0.05, 0) is 37.1 Å². The molecule has 2 rings (SSSR count). The van der Waals surface area contributed by atoms with Gasteiger partial charge in [-0.15, -0.1) is 13.2 Å². The zero-order valence-electron chi connectivity index (χ0n) is 10.4. The first-order valence-electron chi connectivity index (χ1n) is 5.90. The molecule has 0 fully saturated rings. The maximum Gasteiger partial charge on any atom is 0.573 e. The van der Waals surface area contributed by atoms with Crippen molar-refractivity contribution in [3.63, 3.8) is 0 Å². The van der Waals surface area contributed by atoms with Crippen LogP contribution in [0.4, 0.5) is 13.2 Å². The Balaban J connectivity index is 2.16. The van der Waals surface area contributed by atoms with Crippen LogP contribution in [0.3, 0.4) is 0 Å². The predicted molar refractivity (Wildman–Crippen MR) is 64.0 cm³/mol. The fourth-order valence-electron chi connectivity index (χ4n) is 1.75. The van der Waals surface area contributed by atoms with Crippen LogP contribution in [-0.2, 0) is 6.42 Å². The fraction of sp³-hybridized carbons (Fsp3) is 0.308. The number of ether oxygens (including phenoxy) is 1. The Morgan fingerprint density at radius 3 is 2.50 bits per heavy atom. The molecular formula is C13H12F3NO3. The first-order valence-corrected chi connectivity index (χ1v) is 5.90. The highest BCUT2D eigenvalue weighted by Gasteiger charge is 2.31. The van der Waals surface area contributed by atoms with E-state index >= 15 is 0 Å². The van der Waals surface area contributed by atoms with Gasteiger partial charge in [0.1, 0.15) is 5.75 Å². The van der Waals surface area contributed by atoms with Crippen molar-refractivity contribution in [2.45, 2.75) is 19.2 Å². The molecule has 0 atom stereocenters. The molecule has 20 heavy (non-hydrogen) atoms. The van der Waals surface area contributed by atoms with Crippen molar-refractivity contribution in [3.8, 4) is 17.1 Å². The molecule has 1 N–H and O–H groups in total. The van der Waals surface area contributed by atoms with Crippen molar-refractivity contribution >= 4 is 0 Å². The number of halogens is 3. The SMILES string of the molecule is OCCCc1cnoc1-c1ccc(OC(F)(F)F)cc1. The molecule has 0 unspecified atom stereocenters. The molecule has 1 aromatic carbocycles. The summed E-state index contributed by atoms with van der Waals surface area (Å²) < 4.78 is 45.0. The number of aryl methyl sites for hydroxylation is 1. The summed E-state index contributed by atoms with van der Waals surface area (Å²) >= 11 is 0. The number of hydrogen-bond acceptors (Lipinski definition) is 4. The van der Waals surface area contributed by atoms with Gasteiger partial charge in [-0.25, -0.2) is 0 Å². The van der Waals surface area contributed by atoms with E-state index in [1.54, 1.807) is 0 Å². The zero-order valence-corrected chi connectivity index (χ0v) is 10.4. The summed E-state index contributed by atoms with van der Waals surface area (Å²) in [5.74, 6) is 0.190. The van der Waals surface area contributed by atoms with Crippen molar-refractivity contribution in [2.24, 2.45) is 0 Å². The van der Waals surface area contributed by atoms with Gasteiger partial charge in [-0.3, -0.25) is 0 Å². The summed E-state index contributed by atoms with van der Waals surface area (Å²) in [6.45, 7) is 0.0446. The van der Waals surface area contributed by atoms with Crippen LogP contribution in [0, 0.1) is 0 Å². The molecule has 0 aliphatic rings. The van der Waals surface area contributed by atoms with E-state index in [1.807, 2.05) is 0 Å². The fourth-order valence-corrected chi connectivity index (χ4v) is 1.75. The molecule has 1 heterocycles. The molecule has 0 aliphatic heterocycles. The van der Waals surface area contributed by atoms with E-state index in [2.05, 4.69) is 9.89 Å². The molecular weight excluding hydrogens is 275 g/mol. The summed E-state index contributed by atoms with van der Waals surface area (Å²) in [6.07, 6.45) is -2.04. The largest absolute Gasteiger partial charge is 0.573 e. The Hall–Kier alpha value is -2.02. The first kappa shape index (κ1) is 14.4. The zero-order chi connectivity index (χ0) is 14.6. The van der Waals surface area contributed by atoms with Gasteiger partial charge in [0.15, 0.2) is 5.76 Å². The van der Waals surface area contributed by atoms with Gasteiger partial charge < -0.3 is 14.4 Å². The van der Waals surface area contributed by atoms with E-state index in [0.717, 1.165) is 5.56 Å². The summed E-state index contributed by atoms with van der Waals surface area (Å²) in [4.78, 5) is 0. The van der Waals surface area contributed by atoms with Crippen LogP contribution in [-0.4, -0.2) is 23.2 Å². The van der Waals surface area contributed by atoms with Crippen LogP contribution in [0.15, 0.2) is 35.0 Å². The normalized spacial score (nSPS) is 11.6.